The molecule has 2 rings (SSSR count). The molecule has 0 aliphatic rings. The van der Waals surface area contributed by atoms with Crippen LogP contribution in [0.3, 0.4) is 0 Å². The van der Waals surface area contributed by atoms with Gasteiger partial charge >= 0.3 is 0 Å². The van der Waals surface area contributed by atoms with E-state index in [0.29, 0.717) is 36.8 Å². The Morgan fingerprint density at radius 2 is 1.91 bits per heavy atom. The Hall–Kier alpha value is -2.50. The maximum absolute atomic E-state index is 12.2. The van der Waals surface area contributed by atoms with E-state index in [2.05, 4.69) is 10.4 Å². The Bertz CT molecular complexity index is 680. The number of carbonyl (C=O) groups excluding carboxylic acids is 1. The molecule has 0 fully saturated rings. The van der Waals surface area contributed by atoms with E-state index in [1.807, 2.05) is 46.0 Å². The quantitative estimate of drug-likeness (QED) is 0.852. The Morgan fingerprint density at radius 3 is 2.52 bits per heavy atom. The monoisotopic (exact) mass is 317 g/mol. The second kappa shape index (κ2) is 7.67. The van der Waals surface area contributed by atoms with Crippen molar-refractivity contribution in [2.45, 2.75) is 27.3 Å². The number of hydrogen-bond acceptors (Lipinski definition) is 4. The van der Waals surface area contributed by atoms with E-state index in [-0.39, 0.29) is 5.91 Å². The molecule has 6 nitrogen and oxygen atoms in total. The lowest BCUT2D eigenvalue weighted by atomic mass is 10.2. The number of nitrogens with zero attached hydrogens (tertiary/aromatic N) is 2. The zero-order valence-corrected chi connectivity index (χ0v) is 14.0. The minimum atomic E-state index is -0.137. The molecule has 0 atom stereocenters. The minimum absolute atomic E-state index is 0.137. The van der Waals surface area contributed by atoms with Gasteiger partial charge in [0.1, 0.15) is 0 Å². The third kappa shape index (κ3) is 4.03. The van der Waals surface area contributed by atoms with Gasteiger partial charge in [-0.15, -0.1) is 0 Å². The molecule has 0 radical (unpaired) electrons. The first-order valence-corrected chi connectivity index (χ1v) is 7.72. The summed E-state index contributed by atoms with van der Waals surface area (Å²) in [5.41, 5.74) is 2.37. The molecule has 124 valence electrons. The van der Waals surface area contributed by atoms with E-state index in [0.717, 1.165) is 11.3 Å². The lowest BCUT2D eigenvalue weighted by molar-refractivity contribution is 0.0950. The van der Waals surface area contributed by atoms with Crippen molar-refractivity contribution >= 4 is 5.91 Å². The minimum Gasteiger partial charge on any atom is -0.490 e. The van der Waals surface area contributed by atoms with E-state index in [1.54, 1.807) is 10.9 Å². The highest BCUT2D eigenvalue weighted by atomic mass is 16.5. The van der Waals surface area contributed by atoms with Crippen molar-refractivity contribution in [2.75, 3.05) is 13.2 Å². The predicted molar refractivity (Wildman–Crippen MR) is 87.9 cm³/mol. The summed E-state index contributed by atoms with van der Waals surface area (Å²) in [4.78, 5) is 12.2. The highest BCUT2D eigenvalue weighted by Gasteiger charge is 2.13. The third-order valence-electron chi connectivity index (χ3n) is 3.54. The van der Waals surface area contributed by atoms with Gasteiger partial charge in [-0.25, -0.2) is 0 Å². The molecule has 23 heavy (non-hydrogen) atoms. The smallest absolute Gasteiger partial charge is 0.255 e. The number of hydrogen-bond donors (Lipinski definition) is 1. The van der Waals surface area contributed by atoms with Crippen molar-refractivity contribution in [3.63, 3.8) is 0 Å². The van der Waals surface area contributed by atoms with Crippen LogP contribution in [0.4, 0.5) is 0 Å². The molecule has 1 aromatic carbocycles. The summed E-state index contributed by atoms with van der Waals surface area (Å²) in [6.45, 7) is 7.28. The average molecular weight is 317 g/mol. The van der Waals surface area contributed by atoms with Crippen LogP contribution in [0.15, 0.2) is 24.4 Å². The van der Waals surface area contributed by atoms with Gasteiger partial charge in [-0.1, -0.05) is 6.07 Å². The van der Waals surface area contributed by atoms with Crippen LogP contribution < -0.4 is 14.8 Å². The Kier molecular flexibility index (Phi) is 5.62. The molecule has 2 aromatic rings. The summed E-state index contributed by atoms with van der Waals surface area (Å²) in [5.74, 6) is 1.27. The number of benzene rings is 1. The Morgan fingerprint density at radius 1 is 1.22 bits per heavy atom. The average Bonchev–Trinajstić information content (AvgIpc) is 2.87. The molecular weight excluding hydrogens is 294 g/mol. The number of aryl methyl sites for hydroxylation is 1. The van der Waals surface area contributed by atoms with Gasteiger partial charge < -0.3 is 14.8 Å². The Balaban J connectivity index is 2.06. The topological polar surface area (TPSA) is 65.4 Å². The molecule has 0 saturated heterocycles. The first-order valence-electron chi connectivity index (χ1n) is 7.72. The molecule has 1 N–H and O–H groups in total. The molecule has 6 heteroatoms. The molecule has 0 aliphatic heterocycles. The summed E-state index contributed by atoms with van der Waals surface area (Å²) in [6, 6.07) is 5.68. The van der Waals surface area contributed by atoms with Crippen molar-refractivity contribution in [2.24, 2.45) is 7.05 Å². The second-order valence-electron chi connectivity index (χ2n) is 5.10. The van der Waals surface area contributed by atoms with Gasteiger partial charge in [0.15, 0.2) is 11.5 Å². The zero-order chi connectivity index (χ0) is 16.8. The van der Waals surface area contributed by atoms with Crippen molar-refractivity contribution in [3.8, 4) is 11.5 Å². The predicted octanol–water partition coefficient (Wildman–Crippen LogP) is 2.46. The number of ether oxygens (including phenoxy) is 2. The molecule has 0 aliphatic carbocycles. The number of carbonyl (C=O) groups is 1. The zero-order valence-electron chi connectivity index (χ0n) is 14.0. The van der Waals surface area contributed by atoms with Gasteiger partial charge in [0, 0.05) is 19.3 Å². The van der Waals surface area contributed by atoms with E-state index in [4.69, 9.17) is 9.47 Å². The largest absolute Gasteiger partial charge is 0.490 e. The van der Waals surface area contributed by atoms with E-state index >= 15 is 0 Å². The lowest BCUT2D eigenvalue weighted by Crippen LogP contribution is -2.23. The highest BCUT2D eigenvalue weighted by Crippen LogP contribution is 2.28. The summed E-state index contributed by atoms with van der Waals surface area (Å²) in [7, 11) is 1.81. The highest BCUT2D eigenvalue weighted by molar-refractivity contribution is 5.94. The van der Waals surface area contributed by atoms with Crippen LogP contribution in [0, 0.1) is 6.92 Å². The van der Waals surface area contributed by atoms with Gasteiger partial charge in [-0.2, -0.15) is 5.10 Å². The van der Waals surface area contributed by atoms with Crippen LogP contribution >= 0.6 is 0 Å². The maximum atomic E-state index is 12.2. The van der Waals surface area contributed by atoms with Gasteiger partial charge in [-0.3, -0.25) is 9.48 Å². The molecule has 0 saturated carbocycles. The molecule has 1 heterocycles. The molecular formula is C17H23N3O3. The summed E-state index contributed by atoms with van der Waals surface area (Å²) in [6.07, 6.45) is 1.58. The van der Waals surface area contributed by atoms with Crippen LogP contribution in [-0.2, 0) is 13.6 Å². The van der Waals surface area contributed by atoms with Gasteiger partial charge in [0.25, 0.3) is 5.91 Å². The second-order valence-corrected chi connectivity index (χ2v) is 5.10. The molecule has 1 aromatic heterocycles. The van der Waals surface area contributed by atoms with Crippen LogP contribution in [0.25, 0.3) is 0 Å². The number of nitrogens with one attached hydrogen (secondary N) is 1. The fourth-order valence-electron chi connectivity index (χ4n) is 2.20. The van der Waals surface area contributed by atoms with Crippen LogP contribution in [0.5, 0.6) is 11.5 Å². The Labute approximate surface area is 136 Å². The fourth-order valence-corrected chi connectivity index (χ4v) is 2.20. The standard InChI is InChI=1S/C17H23N3O3/c1-5-22-15-8-7-13(9-16(15)23-6-2)10-18-17(21)14-11-19-20(4)12(14)3/h7-9,11H,5-6,10H2,1-4H3,(H,18,21). The number of aromatic nitrogens is 2. The van der Waals surface area contributed by atoms with Crippen LogP contribution in [0.2, 0.25) is 0 Å². The number of amides is 1. The molecule has 0 unspecified atom stereocenters. The molecule has 0 bridgehead atoms. The normalized spacial score (nSPS) is 10.4. The lowest BCUT2D eigenvalue weighted by Gasteiger charge is -2.13. The fraction of sp³-hybridized carbons (Fsp3) is 0.412. The van der Waals surface area contributed by atoms with E-state index in [1.165, 1.54) is 0 Å². The van der Waals surface area contributed by atoms with Gasteiger partial charge in [-0.05, 0) is 38.5 Å². The van der Waals surface area contributed by atoms with Crippen molar-refractivity contribution in [1.82, 2.24) is 15.1 Å². The maximum Gasteiger partial charge on any atom is 0.255 e. The SMILES string of the molecule is CCOc1ccc(CNC(=O)c2cnn(C)c2C)cc1OCC. The van der Waals surface area contributed by atoms with Crippen LogP contribution in [0.1, 0.15) is 35.5 Å². The molecule has 0 spiro atoms. The number of rotatable bonds is 7. The van der Waals surface area contributed by atoms with Crippen molar-refractivity contribution in [1.29, 1.82) is 0 Å². The van der Waals surface area contributed by atoms with Crippen LogP contribution in [-0.4, -0.2) is 28.9 Å². The van der Waals surface area contributed by atoms with Gasteiger partial charge in [0.2, 0.25) is 0 Å². The van der Waals surface area contributed by atoms with Crippen molar-refractivity contribution in [3.05, 3.63) is 41.2 Å². The third-order valence-corrected chi connectivity index (χ3v) is 3.54. The van der Waals surface area contributed by atoms with E-state index in [9.17, 15) is 4.79 Å². The molecule has 1 amide bonds. The van der Waals surface area contributed by atoms with Crippen molar-refractivity contribution < 1.29 is 14.3 Å². The summed E-state index contributed by atoms with van der Waals surface area (Å²) < 4.78 is 12.8. The van der Waals surface area contributed by atoms with Gasteiger partial charge in [0.05, 0.1) is 25.0 Å². The summed E-state index contributed by atoms with van der Waals surface area (Å²) in [5, 5.41) is 6.98. The van der Waals surface area contributed by atoms with E-state index < -0.39 is 0 Å². The first-order chi connectivity index (χ1) is 11.1. The first kappa shape index (κ1) is 16.9. The summed E-state index contributed by atoms with van der Waals surface area (Å²) >= 11 is 0.